The lowest BCUT2D eigenvalue weighted by atomic mass is 10.2. The zero-order chi connectivity index (χ0) is 17.0. The summed E-state index contributed by atoms with van der Waals surface area (Å²) in [4.78, 5) is 0. The van der Waals surface area contributed by atoms with Crippen molar-refractivity contribution in [2.24, 2.45) is 0 Å². The molecule has 4 aliphatic rings. The van der Waals surface area contributed by atoms with Gasteiger partial charge < -0.3 is 21.3 Å². The number of rotatable bonds is 0. The van der Waals surface area contributed by atoms with Gasteiger partial charge >= 0.3 is 0 Å². The molecule has 24 heavy (non-hydrogen) atoms. The molecule has 4 saturated heterocycles. The maximum atomic E-state index is 3.28. The van der Waals surface area contributed by atoms with Gasteiger partial charge in [-0.3, -0.25) is 0 Å². The fourth-order valence-corrected chi connectivity index (χ4v) is 3.21. The topological polar surface area (TPSA) is 48.1 Å². The van der Waals surface area contributed by atoms with E-state index in [1.165, 1.54) is 129 Å². The molecule has 0 bridgehead atoms. The summed E-state index contributed by atoms with van der Waals surface area (Å²) in [6, 6.07) is 0. The highest BCUT2D eigenvalue weighted by Gasteiger charge is 1.95. The number of piperidine rings is 4. The van der Waals surface area contributed by atoms with Gasteiger partial charge in [-0.25, -0.2) is 0 Å². The number of nitrogens with one attached hydrogen (secondary N) is 4. The molecule has 144 valence electrons. The normalized spacial score (nSPS) is 24.0. The largest absolute Gasteiger partial charge is 0.317 e. The summed E-state index contributed by atoms with van der Waals surface area (Å²) in [7, 11) is 0. The Morgan fingerprint density at radius 2 is 0.375 bits per heavy atom. The summed E-state index contributed by atoms with van der Waals surface area (Å²) >= 11 is 0. The van der Waals surface area contributed by atoms with Crippen LogP contribution in [0.4, 0.5) is 0 Å². The van der Waals surface area contributed by atoms with Crippen LogP contribution in [0.1, 0.15) is 77.0 Å². The highest BCUT2D eigenvalue weighted by molar-refractivity contribution is 4.56. The lowest BCUT2D eigenvalue weighted by molar-refractivity contribution is 0.520. The Bertz CT molecular complexity index is 126. The average Bonchev–Trinajstić information content (AvgIpc) is 2.75. The third-order valence-electron chi connectivity index (χ3n) is 4.83. The Hall–Kier alpha value is -0.160. The highest BCUT2D eigenvalue weighted by Crippen LogP contribution is 1.98. The first-order chi connectivity index (χ1) is 12.0. The van der Waals surface area contributed by atoms with Crippen molar-refractivity contribution >= 4 is 0 Å². The first kappa shape index (κ1) is 21.9. The maximum absolute atomic E-state index is 3.28. The van der Waals surface area contributed by atoms with Crippen LogP contribution in [0.3, 0.4) is 0 Å². The maximum Gasteiger partial charge on any atom is -0.00489 e. The van der Waals surface area contributed by atoms with Gasteiger partial charge in [0.1, 0.15) is 0 Å². The zero-order valence-corrected chi connectivity index (χ0v) is 16.1. The van der Waals surface area contributed by atoms with Crippen molar-refractivity contribution in [3.63, 3.8) is 0 Å². The Morgan fingerprint density at radius 1 is 0.208 bits per heavy atom. The Labute approximate surface area is 151 Å². The van der Waals surface area contributed by atoms with Gasteiger partial charge in [0, 0.05) is 0 Å². The SMILES string of the molecule is C1CCNCC1.C1CCNCC1.C1CCNCC1.C1CCNCC1. The minimum Gasteiger partial charge on any atom is -0.317 e. The third kappa shape index (κ3) is 16.7. The summed E-state index contributed by atoms with van der Waals surface area (Å²) in [5.41, 5.74) is 0. The second-order valence-electron chi connectivity index (χ2n) is 7.24. The van der Waals surface area contributed by atoms with Gasteiger partial charge in [0.05, 0.1) is 0 Å². The molecule has 4 aliphatic heterocycles. The van der Waals surface area contributed by atoms with E-state index in [1.54, 1.807) is 0 Å². The monoisotopic (exact) mass is 340 g/mol. The summed E-state index contributed by atoms with van der Waals surface area (Å²) < 4.78 is 0. The van der Waals surface area contributed by atoms with Gasteiger partial charge in [0.2, 0.25) is 0 Å². The van der Waals surface area contributed by atoms with E-state index in [4.69, 9.17) is 0 Å². The molecule has 0 amide bonds. The molecule has 4 heteroatoms. The fraction of sp³-hybridized carbons (Fsp3) is 1.00. The van der Waals surface area contributed by atoms with Crippen molar-refractivity contribution in [2.45, 2.75) is 77.0 Å². The Morgan fingerprint density at radius 3 is 0.417 bits per heavy atom. The minimum absolute atomic E-state index is 1.25. The smallest absolute Gasteiger partial charge is 0.00489 e. The van der Waals surface area contributed by atoms with Crippen LogP contribution in [0.15, 0.2) is 0 Å². The van der Waals surface area contributed by atoms with E-state index >= 15 is 0 Å². The second kappa shape index (κ2) is 19.2. The van der Waals surface area contributed by atoms with Crippen molar-refractivity contribution in [3.05, 3.63) is 0 Å². The van der Waals surface area contributed by atoms with Crippen molar-refractivity contribution in [1.82, 2.24) is 21.3 Å². The molecule has 0 unspecified atom stereocenters. The van der Waals surface area contributed by atoms with Crippen LogP contribution in [-0.4, -0.2) is 52.4 Å². The predicted octanol–water partition coefficient (Wildman–Crippen LogP) is 3.04. The summed E-state index contributed by atoms with van der Waals surface area (Å²) in [6.45, 7) is 10.0. The average molecular weight is 341 g/mol. The van der Waals surface area contributed by atoms with Gasteiger partial charge in [-0.15, -0.1) is 0 Å². The molecule has 4 fully saturated rings. The van der Waals surface area contributed by atoms with Gasteiger partial charge in [0.25, 0.3) is 0 Å². The molecule has 4 nitrogen and oxygen atoms in total. The fourth-order valence-electron chi connectivity index (χ4n) is 3.21. The van der Waals surface area contributed by atoms with Crippen LogP contribution >= 0.6 is 0 Å². The van der Waals surface area contributed by atoms with E-state index in [0.29, 0.717) is 0 Å². The van der Waals surface area contributed by atoms with Crippen molar-refractivity contribution in [2.75, 3.05) is 52.4 Å². The minimum atomic E-state index is 1.25. The van der Waals surface area contributed by atoms with E-state index in [2.05, 4.69) is 21.3 Å². The lowest BCUT2D eigenvalue weighted by Crippen LogP contribution is -2.21. The molecule has 4 N–H and O–H groups in total. The van der Waals surface area contributed by atoms with Gasteiger partial charge in [-0.05, 0) is 104 Å². The van der Waals surface area contributed by atoms with E-state index in [1.807, 2.05) is 0 Å². The molecule has 0 aromatic carbocycles. The summed E-state index contributed by atoms with van der Waals surface area (Å²) in [5.74, 6) is 0. The van der Waals surface area contributed by atoms with E-state index in [-0.39, 0.29) is 0 Å². The summed E-state index contributed by atoms with van der Waals surface area (Å²) in [5, 5.41) is 13.1. The van der Waals surface area contributed by atoms with E-state index in [9.17, 15) is 0 Å². The summed E-state index contributed by atoms with van der Waals surface area (Å²) in [6.07, 6.45) is 16.9. The molecule has 0 aromatic heterocycles. The molecular formula is C20H44N4. The second-order valence-corrected chi connectivity index (χ2v) is 7.24. The highest BCUT2D eigenvalue weighted by atomic mass is 14.9. The van der Waals surface area contributed by atoms with Crippen molar-refractivity contribution < 1.29 is 0 Å². The molecular weight excluding hydrogens is 296 g/mol. The van der Waals surface area contributed by atoms with Crippen LogP contribution < -0.4 is 21.3 Å². The lowest BCUT2D eigenvalue weighted by Gasteiger charge is -2.08. The number of hydrogen-bond acceptors (Lipinski definition) is 4. The van der Waals surface area contributed by atoms with Gasteiger partial charge in [0.15, 0.2) is 0 Å². The predicted molar refractivity (Wildman–Crippen MR) is 107 cm³/mol. The van der Waals surface area contributed by atoms with Crippen LogP contribution in [0.25, 0.3) is 0 Å². The van der Waals surface area contributed by atoms with Crippen LogP contribution in [-0.2, 0) is 0 Å². The molecule has 0 aromatic rings. The Kier molecular flexibility index (Phi) is 17.5. The van der Waals surface area contributed by atoms with Crippen LogP contribution in [0, 0.1) is 0 Å². The molecule has 0 atom stereocenters. The standard InChI is InChI=1S/4C5H11N/c4*1-2-4-6-5-3-1/h4*6H,1-5H2. The third-order valence-corrected chi connectivity index (χ3v) is 4.83. The molecule has 0 radical (unpaired) electrons. The van der Waals surface area contributed by atoms with Gasteiger partial charge in [-0.2, -0.15) is 0 Å². The quantitative estimate of drug-likeness (QED) is 0.547. The van der Waals surface area contributed by atoms with Crippen LogP contribution in [0.2, 0.25) is 0 Å². The van der Waals surface area contributed by atoms with Gasteiger partial charge in [-0.1, -0.05) is 25.7 Å². The van der Waals surface area contributed by atoms with Crippen molar-refractivity contribution in [3.8, 4) is 0 Å². The zero-order valence-electron chi connectivity index (χ0n) is 16.1. The number of hydrogen-bond donors (Lipinski definition) is 4. The first-order valence-corrected chi connectivity index (χ1v) is 10.8. The van der Waals surface area contributed by atoms with E-state index in [0.717, 1.165) is 0 Å². The molecule has 0 saturated carbocycles. The van der Waals surface area contributed by atoms with E-state index < -0.39 is 0 Å². The molecule has 0 aliphatic carbocycles. The first-order valence-electron chi connectivity index (χ1n) is 10.8. The molecule has 0 spiro atoms. The van der Waals surface area contributed by atoms with Crippen molar-refractivity contribution in [1.29, 1.82) is 0 Å². The Balaban J connectivity index is 0.000000160. The van der Waals surface area contributed by atoms with Crippen LogP contribution in [0.5, 0.6) is 0 Å². The molecule has 4 rings (SSSR count). The molecule has 4 heterocycles.